The lowest BCUT2D eigenvalue weighted by Crippen LogP contribution is -2.01. The van der Waals surface area contributed by atoms with Crippen LogP contribution in [0.1, 0.15) is 11.3 Å². The average Bonchev–Trinajstić information content (AvgIpc) is 2.35. The summed E-state index contributed by atoms with van der Waals surface area (Å²) in [6, 6.07) is 0.217. The van der Waals surface area contributed by atoms with Gasteiger partial charge in [0.1, 0.15) is 0 Å². The van der Waals surface area contributed by atoms with Crippen molar-refractivity contribution in [2.75, 3.05) is 21.3 Å². The zero-order valence-corrected chi connectivity index (χ0v) is 10.2. The molecule has 0 aliphatic rings. The Kier molecular flexibility index (Phi) is 4.45. The van der Waals surface area contributed by atoms with Gasteiger partial charge in [-0.1, -0.05) is 0 Å². The highest BCUT2D eigenvalue weighted by Crippen LogP contribution is 2.22. The molecule has 0 saturated heterocycles. The van der Waals surface area contributed by atoms with Crippen LogP contribution in [0.3, 0.4) is 0 Å². The first-order valence-electron chi connectivity index (χ1n) is 4.85. The fourth-order valence-electron chi connectivity index (χ4n) is 1.19. The number of carbonyl (C=O) groups excluding carboxylic acids is 1. The monoisotopic (exact) mass is 238 g/mol. The van der Waals surface area contributed by atoms with Gasteiger partial charge >= 0.3 is 12.0 Å². The second-order valence-corrected chi connectivity index (χ2v) is 3.08. The van der Waals surface area contributed by atoms with Crippen molar-refractivity contribution in [1.29, 1.82) is 0 Å². The zero-order valence-electron chi connectivity index (χ0n) is 10.2. The summed E-state index contributed by atoms with van der Waals surface area (Å²) in [7, 11) is 4.26. The first kappa shape index (κ1) is 13.0. The van der Waals surface area contributed by atoms with E-state index >= 15 is 0 Å². The Hall–Kier alpha value is -2.11. The Morgan fingerprint density at radius 1 is 1.18 bits per heavy atom. The number of aromatic nitrogens is 2. The lowest BCUT2D eigenvalue weighted by atomic mass is 10.2. The molecular weight excluding hydrogens is 224 g/mol. The minimum absolute atomic E-state index is 0.217. The zero-order chi connectivity index (χ0) is 12.8. The molecule has 6 nitrogen and oxygen atoms in total. The number of esters is 1. The first-order chi connectivity index (χ1) is 8.12. The molecule has 0 aromatic carbocycles. The minimum Gasteiger partial charge on any atom is -0.480 e. The van der Waals surface area contributed by atoms with Crippen LogP contribution in [0, 0.1) is 6.92 Å². The van der Waals surface area contributed by atoms with Gasteiger partial charge in [-0.25, -0.2) is 4.79 Å². The number of carbonyl (C=O) groups is 1. The number of hydrogen-bond donors (Lipinski definition) is 0. The van der Waals surface area contributed by atoms with Crippen molar-refractivity contribution < 1.29 is 19.0 Å². The number of ether oxygens (including phenoxy) is 3. The summed E-state index contributed by atoms with van der Waals surface area (Å²) in [5.41, 5.74) is 1.26. The van der Waals surface area contributed by atoms with Gasteiger partial charge in [-0.15, -0.1) is 0 Å². The highest BCUT2D eigenvalue weighted by atomic mass is 16.5. The molecule has 92 valence electrons. The minimum atomic E-state index is -0.456. The fourth-order valence-corrected chi connectivity index (χ4v) is 1.19. The first-order valence-corrected chi connectivity index (χ1v) is 4.85. The van der Waals surface area contributed by atoms with Gasteiger partial charge in [-0.3, -0.25) is 0 Å². The van der Waals surface area contributed by atoms with Crippen LogP contribution in [0.15, 0.2) is 6.08 Å². The third-order valence-electron chi connectivity index (χ3n) is 2.04. The lowest BCUT2D eigenvalue weighted by Gasteiger charge is -2.08. The van der Waals surface area contributed by atoms with Crippen molar-refractivity contribution in [3.8, 4) is 11.9 Å². The quantitative estimate of drug-likeness (QED) is 0.575. The largest absolute Gasteiger partial charge is 0.480 e. The molecule has 0 amide bonds. The smallest absolute Gasteiger partial charge is 0.330 e. The second kappa shape index (κ2) is 5.83. The number of methoxy groups -OCH3 is 3. The van der Waals surface area contributed by atoms with E-state index in [-0.39, 0.29) is 6.01 Å². The Bertz CT molecular complexity index is 443. The Balaban J connectivity index is 3.14. The van der Waals surface area contributed by atoms with Crippen LogP contribution in [0.4, 0.5) is 0 Å². The summed E-state index contributed by atoms with van der Waals surface area (Å²) in [5.74, 6) is -0.114. The Labute approximate surface area is 99.2 Å². The standard InChI is InChI=1S/C11H14N2O4/c1-7-8(5-6-9(14)15-2)10(16-3)13-11(12-7)17-4/h5-6H,1-4H3/b6-5+. The van der Waals surface area contributed by atoms with E-state index in [0.717, 1.165) is 0 Å². The molecule has 0 fully saturated rings. The predicted octanol–water partition coefficient (Wildman–Crippen LogP) is 0.988. The highest BCUT2D eigenvalue weighted by Gasteiger charge is 2.10. The maximum absolute atomic E-state index is 11.0. The van der Waals surface area contributed by atoms with Gasteiger partial charge in [0.25, 0.3) is 0 Å². The van der Waals surface area contributed by atoms with Gasteiger partial charge in [0.15, 0.2) is 0 Å². The molecule has 0 unspecified atom stereocenters. The molecule has 0 spiro atoms. The van der Waals surface area contributed by atoms with Gasteiger partial charge in [-0.05, 0) is 13.0 Å². The molecule has 0 N–H and O–H groups in total. The van der Waals surface area contributed by atoms with E-state index in [9.17, 15) is 4.79 Å². The van der Waals surface area contributed by atoms with E-state index in [1.165, 1.54) is 27.4 Å². The van der Waals surface area contributed by atoms with Crippen molar-refractivity contribution in [1.82, 2.24) is 9.97 Å². The van der Waals surface area contributed by atoms with Gasteiger partial charge in [0, 0.05) is 6.08 Å². The summed E-state index contributed by atoms with van der Waals surface area (Å²) < 4.78 is 14.5. The Morgan fingerprint density at radius 3 is 2.41 bits per heavy atom. The van der Waals surface area contributed by atoms with Gasteiger partial charge in [0.05, 0.1) is 32.6 Å². The van der Waals surface area contributed by atoms with E-state index < -0.39 is 5.97 Å². The number of hydrogen-bond acceptors (Lipinski definition) is 6. The molecule has 1 rings (SSSR count). The molecule has 1 heterocycles. The maximum atomic E-state index is 11.0. The molecule has 0 atom stereocenters. The van der Waals surface area contributed by atoms with Crippen molar-refractivity contribution in [2.45, 2.75) is 6.92 Å². The fraction of sp³-hybridized carbons (Fsp3) is 0.364. The van der Waals surface area contributed by atoms with E-state index in [1.807, 2.05) is 0 Å². The van der Waals surface area contributed by atoms with Crippen LogP contribution >= 0.6 is 0 Å². The average molecular weight is 238 g/mol. The van der Waals surface area contributed by atoms with Gasteiger partial charge in [-0.2, -0.15) is 9.97 Å². The van der Waals surface area contributed by atoms with Crippen molar-refractivity contribution in [3.63, 3.8) is 0 Å². The molecule has 6 heteroatoms. The highest BCUT2D eigenvalue weighted by molar-refractivity contribution is 5.87. The van der Waals surface area contributed by atoms with Crippen molar-refractivity contribution >= 4 is 12.0 Å². The van der Waals surface area contributed by atoms with Gasteiger partial charge in [0.2, 0.25) is 5.88 Å². The molecule has 0 bridgehead atoms. The molecule has 0 aliphatic heterocycles. The lowest BCUT2D eigenvalue weighted by molar-refractivity contribution is -0.134. The van der Waals surface area contributed by atoms with E-state index in [4.69, 9.17) is 9.47 Å². The van der Waals surface area contributed by atoms with Gasteiger partial charge < -0.3 is 14.2 Å². The SMILES string of the molecule is COC(=O)/C=C/c1c(C)nc(OC)nc1OC. The second-order valence-electron chi connectivity index (χ2n) is 3.08. The molecule has 0 saturated carbocycles. The van der Waals surface area contributed by atoms with E-state index in [0.29, 0.717) is 17.1 Å². The number of aryl methyl sites for hydroxylation is 1. The summed E-state index contributed by atoms with van der Waals surface area (Å²) in [4.78, 5) is 19.1. The summed E-state index contributed by atoms with van der Waals surface area (Å²) >= 11 is 0. The normalized spacial score (nSPS) is 10.4. The predicted molar refractivity (Wildman–Crippen MR) is 60.9 cm³/mol. The van der Waals surface area contributed by atoms with E-state index in [1.54, 1.807) is 13.0 Å². The van der Waals surface area contributed by atoms with Crippen LogP contribution in [0.2, 0.25) is 0 Å². The third kappa shape index (κ3) is 3.17. The Morgan fingerprint density at radius 2 is 1.88 bits per heavy atom. The molecule has 1 aromatic heterocycles. The van der Waals surface area contributed by atoms with Crippen LogP contribution < -0.4 is 9.47 Å². The van der Waals surface area contributed by atoms with Crippen LogP contribution in [-0.2, 0) is 9.53 Å². The van der Waals surface area contributed by atoms with Crippen LogP contribution in [0.5, 0.6) is 11.9 Å². The van der Waals surface area contributed by atoms with Crippen molar-refractivity contribution in [2.24, 2.45) is 0 Å². The van der Waals surface area contributed by atoms with E-state index in [2.05, 4.69) is 14.7 Å². The number of nitrogens with zero attached hydrogens (tertiary/aromatic N) is 2. The molecule has 17 heavy (non-hydrogen) atoms. The van der Waals surface area contributed by atoms with Crippen LogP contribution in [0.25, 0.3) is 6.08 Å². The topological polar surface area (TPSA) is 70.5 Å². The molecule has 1 aromatic rings. The molecule has 0 radical (unpaired) electrons. The molecule has 0 aliphatic carbocycles. The number of rotatable bonds is 4. The van der Waals surface area contributed by atoms with Crippen LogP contribution in [-0.4, -0.2) is 37.3 Å². The summed E-state index contributed by atoms with van der Waals surface area (Å²) in [6.07, 6.45) is 2.82. The summed E-state index contributed by atoms with van der Waals surface area (Å²) in [6.45, 7) is 1.77. The third-order valence-corrected chi connectivity index (χ3v) is 2.04. The molecular formula is C11H14N2O4. The summed E-state index contributed by atoms with van der Waals surface area (Å²) in [5, 5.41) is 0. The maximum Gasteiger partial charge on any atom is 0.330 e. The van der Waals surface area contributed by atoms with Crippen molar-refractivity contribution in [3.05, 3.63) is 17.3 Å².